The van der Waals surface area contributed by atoms with Gasteiger partial charge in [0.25, 0.3) is 0 Å². The van der Waals surface area contributed by atoms with Crippen LogP contribution in [0.15, 0.2) is 57.7 Å². The Hall–Kier alpha value is -2.82. The minimum atomic E-state index is -0.539. The Morgan fingerprint density at radius 1 is 1.09 bits per heavy atom. The molecule has 0 saturated carbocycles. The van der Waals surface area contributed by atoms with E-state index in [1.807, 2.05) is 0 Å². The summed E-state index contributed by atoms with van der Waals surface area (Å²) in [5.74, 6) is 0.191. The van der Waals surface area contributed by atoms with Crippen LogP contribution in [0.4, 0.5) is 4.39 Å². The van der Waals surface area contributed by atoms with Gasteiger partial charge in [-0.3, -0.25) is 0 Å². The number of para-hydroxylation sites is 1. The van der Waals surface area contributed by atoms with Crippen LogP contribution >= 0.6 is 0 Å². The highest BCUT2D eigenvalue weighted by atomic mass is 19.1. The van der Waals surface area contributed by atoms with Crippen molar-refractivity contribution in [3.8, 4) is 11.5 Å². The molecule has 0 unspecified atom stereocenters. The summed E-state index contributed by atoms with van der Waals surface area (Å²) in [6.07, 6.45) is 0.855. The molecule has 0 aliphatic heterocycles. The zero-order valence-electron chi connectivity index (χ0n) is 12.3. The van der Waals surface area contributed by atoms with Crippen LogP contribution in [0.5, 0.6) is 11.5 Å². The first kappa shape index (κ1) is 15.1. The van der Waals surface area contributed by atoms with Gasteiger partial charge in [0.15, 0.2) is 0 Å². The van der Waals surface area contributed by atoms with Crippen LogP contribution in [-0.2, 0) is 6.42 Å². The normalized spacial score (nSPS) is 10.8. The first-order valence-electron chi connectivity index (χ1n) is 7.27. The van der Waals surface area contributed by atoms with E-state index in [0.717, 1.165) is 0 Å². The molecule has 0 fully saturated rings. The fraction of sp³-hybridized carbons (Fsp3) is 0.167. The second-order valence-corrected chi connectivity index (χ2v) is 5.12. The first-order chi connectivity index (χ1) is 11.1. The molecule has 0 aliphatic carbocycles. The van der Waals surface area contributed by atoms with Gasteiger partial charge in [-0.25, -0.2) is 9.18 Å². The largest absolute Gasteiger partial charge is 0.507 e. The number of aromatic hydroxyl groups is 1. The summed E-state index contributed by atoms with van der Waals surface area (Å²) in [6.45, 7) is 0.345. The van der Waals surface area contributed by atoms with Crippen molar-refractivity contribution in [3.63, 3.8) is 0 Å². The second-order valence-electron chi connectivity index (χ2n) is 5.12. The molecule has 0 spiro atoms. The lowest BCUT2D eigenvalue weighted by molar-refractivity contribution is 0.309. The molecule has 0 bridgehead atoms. The average Bonchev–Trinajstić information content (AvgIpc) is 2.55. The van der Waals surface area contributed by atoms with E-state index < -0.39 is 5.63 Å². The zero-order chi connectivity index (χ0) is 16.2. The van der Waals surface area contributed by atoms with E-state index in [2.05, 4.69) is 0 Å². The molecule has 1 N–H and O–H groups in total. The molecule has 23 heavy (non-hydrogen) atoms. The van der Waals surface area contributed by atoms with Crippen molar-refractivity contribution in [2.45, 2.75) is 12.8 Å². The van der Waals surface area contributed by atoms with Crippen molar-refractivity contribution in [2.24, 2.45) is 0 Å². The monoisotopic (exact) mass is 314 g/mol. The van der Waals surface area contributed by atoms with Gasteiger partial charge in [0.1, 0.15) is 22.9 Å². The highest BCUT2D eigenvalue weighted by Gasteiger charge is 2.13. The Morgan fingerprint density at radius 2 is 1.83 bits per heavy atom. The van der Waals surface area contributed by atoms with Crippen LogP contribution in [0.25, 0.3) is 11.0 Å². The maximum atomic E-state index is 12.8. The third kappa shape index (κ3) is 3.34. The summed E-state index contributed by atoms with van der Waals surface area (Å²) >= 11 is 0. The Bertz CT molecular complexity index is 868. The number of fused-ring (bicyclic) bond motifs is 1. The molecule has 3 rings (SSSR count). The lowest BCUT2D eigenvalue weighted by Crippen LogP contribution is -2.10. The molecular weight excluding hydrogens is 299 g/mol. The highest BCUT2D eigenvalue weighted by Crippen LogP contribution is 2.26. The van der Waals surface area contributed by atoms with Crippen LogP contribution in [-0.4, -0.2) is 11.7 Å². The molecule has 4 nitrogen and oxygen atoms in total. The van der Waals surface area contributed by atoms with Crippen molar-refractivity contribution in [1.29, 1.82) is 0 Å². The minimum Gasteiger partial charge on any atom is -0.507 e. The van der Waals surface area contributed by atoms with Crippen molar-refractivity contribution in [2.75, 3.05) is 6.61 Å². The maximum Gasteiger partial charge on any atom is 0.343 e. The number of halogens is 1. The lowest BCUT2D eigenvalue weighted by atomic mass is 10.1. The molecule has 118 valence electrons. The van der Waals surface area contributed by atoms with Crippen molar-refractivity contribution >= 4 is 11.0 Å². The average molecular weight is 314 g/mol. The smallest absolute Gasteiger partial charge is 0.343 e. The van der Waals surface area contributed by atoms with Gasteiger partial charge in [-0.1, -0.05) is 12.1 Å². The Morgan fingerprint density at radius 3 is 2.61 bits per heavy atom. The number of rotatable bonds is 5. The van der Waals surface area contributed by atoms with Gasteiger partial charge in [0, 0.05) is 0 Å². The summed E-state index contributed by atoms with van der Waals surface area (Å²) in [5.41, 5.74) is 0.0655. The molecular formula is C18H15FO4. The second kappa shape index (κ2) is 6.52. The van der Waals surface area contributed by atoms with Crippen molar-refractivity contribution in [1.82, 2.24) is 0 Å². The SMILES string of the molecule is O=c1oc2ccccc2c(O)c1CCCOc1ccc(F)cc1. The van der Waals surface area contributed by atoms with E-state index in [9.17, 15) is 14.3 Å². The first-order valence-corrected chi connectivity index (χ1v) is 7.27. The van der Waals surface area contributed by atoms with Gasteiger partial charge in [-0.15, -0.1) is 0 Å². The zero-order valence-corrected chi connectivity index (χ0v) is 12.3. The number of benzene rings is 2. The fourth-order valence-corrected chi connectivity index (χ4v) is 2.36. The van der Waals surface area contributed by atoms with Crippen LogP contribution in [0.3, 0.4) is 0 Å². The predicted molar refractivity (Wildman–Crippen MR) is 84.4 cm³/mol. The predicted octanol–water partition coefficient (Wildman–Crippen LogP) is 3.65. The fourth-order valence-electron chi connectivity index (χ4n) is 2.36. The van der Waals surface area contributed by atoms with Crippen LogP contribution < -0.4 is 10.4 Å². The molecule has 1 aromatic heterocycles. The number of hydrogen-bond acceptors (Lipinski definition) is 4. The summed E-state index contributed by atoms with van der Waals surface area (Å²) in [4.78, 5) is 11.9. The van der Waals surface area contributed by atoms with Crippen LogP contribution in [0, 0.1) is 5.82 Å². The van der Waals surface area contributed by atoms with Crippen molar-refractivity contribution < 1.29 is 18.7 Å². The summed E-state index contributed by atoms with van der Waals surface area (Å²) in [7, 11) is 0. The van der Waals surface area contributed by atoms with E-state index in [1.165, 1.54) is 24.3 Å². The van der Waals surface area contributed by atoms with Crippen LogP contribution in [0.1, 0.15) is 12.0 Å². The summed E-state index contributed by atoms with van der Waals surface area (Å²) < 4.78 is 23.5. The summed E-state index contributed by atoms with van der Waals surface area (Å²) in [6, 6.07) is 12.6. The topological polar surface area (TPSA) is 59.7 Å². The molecule has 1 heterocycles. The molecule has 0 atom stereocenters. The van der Waals surface area contributed by atoms with E-state index in [4.69, 9.17) is 9.15 Å². The van der Waals surface area contributed by atoms with Gasteiger partial charge in [0.2, 0.25) is 0 Å². The van der Waals surface area contributed by atoms with E-state index in [0.29, 0.717) is 36.2 Å². The molecule has 0 radical (unpaired) electrons. The van der Waals surface area contributed by atoms with Crippen LogP contribution in [0.2, 0.25) is 0 Å². The Labute approximate surface area is 131 Å². The van der Waals surface area contributed by atoms with Crippen molar-refractivity contribution in [3.05, 3.63) is 70.3 Å². The standard InChI is InChI=1S/C18H15FO4/c19-12-7-9-13(10-8-12)22-11-3-5-15-17(20)14-4-1-2-6-16(14)23-18(15)21/h1-2,4,6-10,20H,3,5,11H2. The van der Waals surface area contributed by atoms with E-state index >= 15 is 0 Å². The molecule has 5 heteroatoms. The lowest BCUT2D eigenvalue weighted by Gasteiger charge is -2.08. The molecule has 3 aromatic rings. The number of hydrogen-bond donors (Lipinski definition) is 1. The number of ether oxygens (including phenoxy) is 1. The Balaban J connectivity index is 1.67. The van der Waals surface area contributed by atoms with Gasteiger partial charge in [-0.05, 0) is 49.2 Å². The Kier molecular flexibility index (Phi) is 4.28. The maximum absolute atomic E-state index is 12.8. The third-order valence-corrected chi connectivity index (χ3v) is 3.53. The minimum absolute atomic E-state index is 0.0429. The molecule has 2 aromatic carbocycles. The molecule has 0 saturated heterocycles. The summed E-state index contributed by atoms with van der Waals surface area (Å²) in [5, 5.41) is 10.8. The van der Waals surface area contributed by atoms with Gasteiger partial charge >= 0.3 is 5.63 Å². The van der Waals surface area contributed by atoms with Gasteiger partial charge < -0.3 is 14.3 Å². The third-order valence-electron chi connectivity index (χ3n) is 3.53. The molecule has 0 aliphatic rings. The molecule has 0 amide bonds. The van der Waals surface area contributed by atoms with E-state index in [-0.39, 0.29) is 17.1 Å². The van der Waals surface area contributed by atoms with Gasteiger partial charge in [-0.2, -0.15) is 0 Å². The van der Waals surface area contributed by atoms with Gasteiger partial charge in [0.05, 0.1) is 17.6 Å². The quantitative estimate of drug-likeness (QED) is 0.577. The van der Waals surface area contributed by atoms with E-state index in [1.54, 1.807) is 24.3 Å². The highest BCUT2D eigenvalue weighted by molar-refractivity contribution is 5.83.